The second-order valence-electron chi connectivity index (χ2n) is 3.62. The molecule has 0 saturated heterocycles. The van der Waals surface area contributed by atoms with Gasteiger partial charge in [0.25, 0.3) is 0 Å². The minimum absolute atomic E-state index is 0.0646. The smallest absolute Gasteiger partial charge is 0.155 e. The molecule has 0 aliphatic carbocycles. The third kappa shape index (κ3) is 3.30. The van der Waals surface area contributed by atoms with Crippen molar-refractivity contribution in [2.75, 3.05) is 6.61 Å². The molecule has 2 nitrogen and oxygen atoms in total. The van der Waals surface area contributed by atoms with Crippen molar-refractivity contribution in [1.29, 1.82) is 0 Å². The molecule has 1 rings (SSSR count). The van der Waals surface area contributed by atoms with Gasteiger partial charge in [-0.05, 0) is 31.9 Å². The van der Waals surface area contributed by atoms with E-state index < -0.39 is 0 Å². The Morgan fingerprint density at radius 3 is 2.64 bits per heavy atom. The van der Waals surface area contributed by atoms with Crippen molar-refractivity contribution < 1.29 is 9.53 Å². The molecule has 0 fully saturated rings. The summed E-state index contributed by atoms with van der Waals surface area (Å²) in [7, 11) is 0. The Morgan fingerprint density at radius 2 is 2.07 bits per heavy atom. The molecule has 0 aromatic heterocycles. The van der Waals surface area contributed by atoms with E-state index in [9.17, 15) is 4.79 Å². The highest BCUT2D eigenvalue weighted by atomic mass is 16.5. The minimum Gasteiger partial charge on any atom is -0.369 e. The van der Waals surface area contributed by atoms with E-state index in [4.69, 9.17) is 4.74 Å². The second kappa shape index (κ2) is 4.91. The van der Waals surface area contributed by atoms with Crippen molar-refractivity contribution >= 4 is 5.78 Å². The van der Waals surface area contributed by atoms with Crippen LogP contribution in [0.4, 0.5) is 0 Å². The summed E-state index contributed by atoms with van der Waals surface area (Å²) in [4.78, 5) is 10.6. The van der Waals surface area contributed by atoms with Gasteiger partial charge in [0.05, 0.1) is 6.61 Å². The standard InChI is InChI=1S/C12H16O2/c1-9-4-5-12(10(2)6-9)8-14-7-11(3)13/h4-6H,7-8H2,1-3H3. The summed E-state index contributed by atoms with van der Waals surface area (Å²) in [5.41, 5.74) is 3.61. The predicted octanol–water partition coefficient (Wildman–Crippen LogP) is 2.41. The van der Waals surface area contributed by atoms with Crippen LogP contribution in [0.2, 0.25) is 0 Å². The van der Waals surface area contributed by atoms with Crippen LogP contribution in [0.25, 0.3) is 0 Å². The molecular weight excluding hydrogens is 176 g/mol. The number of rotatable bonds is 4. The molecular formula is C12H16O2. The van der Waals surface area contributed by atoms with Crippen molar-refractivity contribution in [3.05, 3.63) is 34.9 Å². The van der Waals surface area contributed by atoms with Crippen LogP contribution < -0.4 is 0 Å². The van der Waals surface area contributed by atoms with Gasteiger partial charge in [-0.15, -0.1) is 0 Å². The van der Waals surface area contributed by atoms with E-state index in [1.54, 1.807) is 0 Å². The highest BCUT2D eigenvalue weighted by Crippen LogP contribution is 2.11. The molecule has 1 aromatic rings. The molecule has 0 N–H and O–H groups in total. The fourth-order valence-electron chi connectivity index (χ4n) is 1.31. The van der Waals surface area contributed by atoms with E-state index in [1.807, 2.05) is 6.07 Å². The Morgan fingerprint density at radius 1 is 1.36 bits per heavy atom. The average molecular weight is 192 g/mol. The Labute approximate surface area is 84.9 Å². The Balaban J connectivity index is 2.55. The van der Waals surface area contributed by atoms with Gasteiger partial charge in [0.2, 0.25) is 0 Å². The molecule has 0 radical (unpaired) electrons. The van der Waals surface area contributed by atoms with Crippen LogP contribution in [0.1, 0.15) is 23.6 Å². The summed E-state index contributed by atoms with van der Waals surface area (Å²) in [5.74, 6) is 0.0646. The first-order valence-corrected chi connectivity index (χ1v) is 4.73. The summed E-state index contributed by atoms with van der Waals surface area (Å²) in [6.45, 7) is 6.37. The zero-order valence-electron chi connectivity index (χ0n) is 8.96. The van der Waals surface area contributed by atoms with Crippen LogP contribution in [-0.2, 0) is 16.1 Å². The molecule has 0 spiro atoms. The molecule has 0 aliphatic heterocycles. The van der Waals surface area contributed by atoms with Gasteiger partial charge >= 0.3 is 0 Å². The maximum atomic E-state index is 10.6. The van der Waals surface area contributed by atoms with Crippen molar-refractivity contribution in [1.82, 2.24) is 0 Å². The normalized spacial score (nSPS) is 10.2. The number of Topliss-reactive ketones (excluding diaryl/α,β-unsaturated/α-hetero) is 1. The summed E-state index contributed by atoms with van der Waals surface area (Å²) in [5, 5.41) is 0. The lowest BCUT2D eigenvalue weighted by Gasteiger charge is -2.06. The van der Waals surface area contributed by atoms with Crippen LogP contribution in [0.3, 0.4) is 0 Å². The molecule has 0 heterocycles. The van der Waals surface area contributed by atoms with Crippen LogP contribution in [0.5, 0.6) is 0 Å². The van der Waals surface area contributed by atoms with Gasteiger partial charge in [-0.3, -0.25) is 4.79 Å². The van der Waals surface area contributed by atoms with E-state index in [0.29, 0.717) is 6.61 Å². The maximum absolute atomic E-state index is 10.6. The lowest BCUT2D eigenvalue weighted by atomic mass is 10.1. The summed E-state index contributed by atoms with van der Waals surface area (Å²) in [6, 6.07) is 6.22. The fraction of sp³-hybridized carbons (Fsp3) is 0.417. The summed E-state index contributed by atoms with van der Waals surface area (Å²) in [6.07, 6.45) is 0. The minimum atomic E-state index is 0.0646. The molecule has 14 heavy (non-hydrogen) atoms. The Bertz CT molecular complexity index is 329. The monoisotopic (exact) mass is 192 g/mol. The topological polar surface area (TPSA) is 26.3 Å². The lowest BCUT2D eigenvalue weighted by molar-refractivity contribution is -0.121. The summed E-state index contributed by atoms with van der Waals surface area (Å²) < 4.78 is 5.25. The molecule has 0 unspecified atom stereocenters. The zero-order valence-corrected chi connectivity index (χ0v) is 8.96. The number of hydrogen-bond acceptors (Lipinski definition) is 2. The number of benzene rings is 1. The van der Waals surface area contributed by atoms with Crippen LogP contribution in [0, 0.1) is 13.8 Å². The van der Waals surface area contributed by atoms with Gasteiger partial charge in [-0.2, -0.15) is 0 Å². The van der Waals surface area contributed by atoms with E-state index in [-0.39, 0.29) is 12.4 Å². The first-order valence-electron chi connectivity index (χ1n) is 4.73. The number of aryl methyl sites for hydroxylation is 2. The predicted molar refractivity (Wildman–Crippen MR) is 56.3 cm³/mol. The van der Waals surface area contributed by atoms with Gasteiger partial charge in [-0.1, -0.05) is 23.8 Å². The lowest BCUT2D eigenvalue weighted by Crippen LogP contribution is -2.04. The molecule has 0 aliphatic rings. The van der Waals surface area contributed by atoms with E-state index in [1.165, 1.54) is 18.1 Å². The van der Waals surface area contributed by atoms with Crippen LogP contribution >= 0.6 is 0 Å². The van der Waals surface area contributed by atoms with E-state index in [0.717, 1.165) is 5.56 Å². The van der Waals surface area contributed by atoms with Crippen molar-refractivity contribution in [2.45, 2.75) is 27.4 Å². The average Bonchev–Trinajstić information content (AvgIpc) is 2.08. The highest BCUT2D eigenvalue weighted by Gasteiger charge is 1.99. The van der Waals surface area contributed by atoms with Gasteiger partial charge in [-0.25, -0.2) is 0 Å². The molecule has 76 valence electrons. The zero-order chi connectivity index (χ0) is 10.6. The number of ketones is 1. The van der Waals surface area contributed by atoms with Gasteiger partial charge in [0.15, 0.2) is 5.78 Å². The second-order valence-corrected chi connectivity index (χ2v) is 3.62. The number of hydrogen-bond donors (Lipinski definition) is 0. The quantitative estimate of drug-likeness (QED) is 0.732. The molecule has 0 atom stereocenters. The van der Waals surface area contributed by atoms with Gasteiger partial charge < -0.3 is 4.74 Å². The first-order chi connectivity index (χ1) is 6.59. The van der Waals surface area contributed by atoms with Gasteiger partial charge in [0, 0.05) is 0 Å². The molecule has 0 amide bonds. The maximum Gasteiger partial charge on any atom is 0.155 e. The SMILES string of the molecule is CC(=O)COCc1ccc(C)cc1C. The van der Waals surface area contributed by atoms with Crippen molar-refractivity contribution in [2.24, 2.45) is 0 Å². The fourth-order valence-corrected chi connectivity index (χ4v) is 1.31. The number of carbonyl (C=O) groups is 1. The van der Waals surface area contributed by atoms with Gasteiger partial charge in [0.1, 0.15) is 6.61 Å². The third-order valence-corrected chi connectivity index (χ3v) is 2.06. The third-order valence-electron chi connectivity index (χ3n) is 2.06. The molecule has 1 aromatic carbocycles. The molecule has 0 bridgehead atoms. The first kappa shape index (κ1) is 10.9. The van der Waals surface area contributed by atoms with Crippen molar-refractivity contribution in [3.8, 4) is 0 Å². The largest absolute Gasteiger partial charge is 0.369 e. The highest BCUT2D eigenvalue weighted by molar-refractivity contribution is 5.76. The molecule has 2 heteroatoms. The van der Waals surface area contributed by atoms with E-state index in [2.05, 4.69) is 26.0 Å². The Kier molecular flexibility index (Phi) is 3.84. The molecule has 0 saturated carbocycles. The van der Waals surface area contributed by atoms with Crippen LogP contribution in [-0.4, -0.2) is 12.4 Å². The number of carbonyl (C=O) groups excluding carboxylic acids is 1. The van der Waals surface area contributed by atoms with E-state index >= 15 is 0 Å². The van der Waals surface area contributed by atoms with Crippen LogP contribution in [0.15, 0.2) is 18.2 Å². The Hall–Kier alpha value is -1.15. The van der Waals surface area contributed by atoms with Crippen molar-refractivity contribution in [3.63, 3.8) is 0 Å². The number of ether oxygens (including phenoxy) is 1. The summed E-state index contributed by atoms with van der Waals surface area (Å²) >= 11 is 0.